The van der Waals surface area contributed by atoms with Crippen LogP contribution >= 0.6 is 0 Å². The Balaban J connectivity index is 1.68. The van der Waals surface area contributed by atoms with Crippen LogP contribution in [0.3, 0.4) is 0 Å². The number of likely N-dealkylation sites (tertiary alicyclic amines) is 1. The quantitative estimate of drug-likeness (QED) is 0.629. The summed E-state index contributed by atoms with van der Waals surface area (Å²) in [7, 11) is 0. The SMILES string of the molecule is OC1CN(C2CCC2)CC12CC2. The van der Waals surface area contributed by atoms with Crippen LogP contribution in [0.15, 0.2) is 0 Å². The van der Waals surface area contributed by atoms with Gasteiger partial charge in [-0.1, -0.05) is 6.42 Å². The highest BCUT2D eigenvalue weighted by atomic mass is 16.3. The summed E-state index contributed by atoms with van der Waals surface area (Å²) >= 11 is 0. The molecule has 3 rings (SSSR count). The van der Waals surface area contributed by atoms with Gasteiger partial charge in [-0.15, -0.1) is 0 Å². The zero-order valence-electron chi connectivity index (χ0n) is 7.50. The maximum Gasteiger partial charge on any atom is 0.0735 e. The summed E-state index contributed by atoms with van der Waals surface area (Å²) in [5.74, 6) is 0. The molecule has 3 aliphatic rings. The van der Waals surface area contributed by atoms with E-state index < -0.39 is 0 Å². The van der Waals surface area contributed by atoms with Crippen LogP contribution in [0.5, 0.6) is 0 Å². The van der Waals surface area contributed by atoms with Crippen molar-refractivity contribution in [3.8, 4) is 0 Å². The molecule has 1 atom stereocenters. The van der Waals surface area contributed by atoms with Crippen molar-refractivity contribution in [2.24, 2.45) is 5.41 Å². The van der Waals surface area contributed by atoms with Crippen LogP contribution in [0.4, 0.5) is 0 Å². The first-order valence-electron chi connectivity index (χ1n) is 5.22. The predicted molar refractivity (Wildman–Crippen MR) is 46.9 cm³/mol. The standard InChI is InChI=1S/C10H17NO/c12-9-6-11(8-2-1-3-8)7-10(9)4-5-10/h8-9,12H,1-7H2. The van der Waals surface area contributed by atoms with Gasteiger partial charge in [-0.2, -0.15) is 0 Å². The van der Waals surface area contributed by atoms with Crippen LogP contribution in [0, 0.1) is 5.41 Å². The molecule has 0 amide bonds. The third-order valence-electron chi connectivity index (χ3n) is 4.12. The van der Waals surface area contributed by atoms with Crippen LogP contribution in [0.25, 0.3) is 0 Å². The minimum atomic E-state index is -0.00176. The molecule has 3 fully saturated rings. The smallest absolute Gasteiger partial charge is 0.0735 e. The molecule has 68 valence electrons. The van der Waals surface area contributed by atoms with E-state index in [0.717, 1.165) is 12.6 Å². The van der Waals surface area contributed by atoms with Crippen molar-refractivity contribution in [1.82, 2.24) is 4.90 Å². The molecule has 1 spiro atoms. The lowest BCUT2D eigenvalue weighted by molar-refractivity contribution is 0.115. The van der Waals surface area contributed by atoms with Gasteiger partial charge >= 0.3 is 0 Å². The lowest BCUT2D eigenvalue weighted by Crippen LogP contribution is -2.39. The fraction of sp³-hybridized carbons (Fsp3) is 1.00. The number of aliphatic hydroxyl groups excluding tert-OH is 1. The largest absolute Gasteiger partial charge is 0.391 e. The molecule has 1 unspecified atom stereocenters. The third kappa shape index (κ3) is 0.882. The van der Waals surface area contributed by atoms with E-state index in [1.165, 1.54) is 38.6 Å². The highest BCUT2D eigenvalue weighted by Crippen LogP contribution is 2.53. The van der Waals surface area contributed by atoms with Gasteiger partial charge in [-0.05, 0) is 25.7 Å². The van der Waals surface area contributed by atoms with Crippen LogP contribution in [0.1, 0.15) is 32.1 Å². The Morgan fingerprint density at radius 3 is 2.42 bits per heavy atom. The van der Waals surface area contributed by atoms with Crippen molar-refractivity contribution in [2.75, 3.05) is 13.1 Å². The molecule has 0 aromatic rings. The van der Waals surface area contributed by atoms with Gasteiger partial charge in [0, 0.05) is 24.5 Å². The highest BCUT2D eigenvalue weighted by molar-refractivity contribution is 5.08. The second-order valence-corrected chi connectivity index (χ2v) is 4.89. The Hall–Kier alpha value is -0.0800. The lowest BCUT2D eigenvalue weighted by Gasteiger charge is -2.34. The zero-order chi connectivity index (χ0) is 8.18. The van der Waals surface area contributed by atoms with Crippen molar-refractivity contribution in [3.63, 3.8) is 0 Å². The summed E-state index contributed by atoms with van der Waals surface area (Å²) in [6.45, 7) is 2.16. The summed E-state index contributed by atoms with van der Waals surface area (Å²) in [6.07, 6.45) is 6.71. The molecule has 0 aromatic carbocycles. The van der Waals surface area contributed by atoms with Crippen LogP contribution in [-0.4, -0.2) is 35.2 Å². The van der Waals surface area contributed by atoms with Crippen molar-refractivity contribution in [2.45, 2.75) is 44.2 Å². The van der Waals surface area contributed by atoms with Crippen molar-refractivity contribution in [3.05, 3.63) is 0 Å². The van der Waals surface area contributed by atoms with Crippen LogP contribution in [0.2, 0.25) is 0 Å². The molecular formula is C10H17NO. The molecule has 0 radical (unpaired) electrons. The molecule has 1 N–H and O–H groups in total. The molecule has 0 aromatic heterocycles. The second kappa shape index (κ2) is 2.24. The monoisotopic (exact) mass is 167 g/mol. The highest BCUT2D eigenvalue weighted by Gasteiger charge is 2.55. The number of hydrogen-bond acceptors (Lipinski definition) is 2. The number of β-amino-alcohol motifs (C(OH)–C–C–N with tert-alkyl or cyclic N) is 1. The van der Waals surface area contributed by atoms with Gasteiger partial charge in [-0.3, -0.25) is 4.90 Å². The molecule has 1 aliphatic heterocycles. The first-order valence-corrected chi connectivity index (χ1v) is 5.22. The third-order valence-corrected chi connectivity index (χ3v) is 4.12. The van der Waals surface area contributed by atoms with Gasteiger partial charge < -0.3 is 5.11 Å². The summed E-state index contributed by atoms with van der Waals surface area (Å²) < 4.78 is 0. The molecule has 0 bridgehead atoms. The van der Waals surface area contributed by atoms with E-state index in [-0.39, 0.29) is 6.10 Å². The van der Waals surface area contributed by atoms with Crippen molar-refractivity contribution < 1.29 is 5.11 Å². The molecular weight excluding hydrogens is 150 g/mol. The molecule has 2 aliphatic carbocycles. The average Bonchev–Trinajstić information content (AvgIpc) is 2.58. The Kier molecular flexibility index (Phi) is 1.37. The zero-order valence-corrected chi connectivity index (χ0v) is 7.50. The number of nitrogens with zero attached hydrogens (tertiary/aromatic N) is 1. The fourth-order valence-electron chi connectivity index (χ4n) is 2.67. The predicted octanol–water partition coefficient (Wildman–Crippen LogP) is 0.996. The molecule has 1 heterocycles. The molecule has 2 heteroatoms. The van der Waals surface area contributed by atoms with E-state index in [2.05, 4.69) is 4.90 Å². The normalized spacial score (nSPS) is 40.2. The molecule has 2 saturated carbocycles. The number of aliphatic hydroxyl groups is 1. The lowest BCUT2D eigenvalue weighted by atomic mass is 9.92. The van der Waals surface area contributed by atoms with E-state index in [1.807, 2.05) is 0 Å². The Morgan fingerprint density at radius 1 is 1.25 bits per heavy atom. The fourth-order valence-corrected chi connectivity index (χ4v) is 2.67. The Bertz CT molecular complexity index is 196. The van der Waals surface area contributed by atoms with Gasteiger partial charge in [-0.25, -0.2) is 0 Å². The van der Waals surface area contributed by atoms with Gasteiger partial charge in [0.1, 0.15) is 0 Å². The summed E-state index contributed by atoms with van der Waals surface area (Å²) in [4.78, 5) is 2.53. The van der Waals surface area contributed by atoms with Crippen LogP contribution < -0.4 is 0 Å². The van der Waals surface area contributed by atoms with E-state index >= 15 is 0 Å². The number of rotatable bonds is 1. The van der Waals surface area contributed by atoms with E-state index in [4.69, 9.17) is 0 Å². The minimum absolute atomic E-state index is 0.00176. The molecule has 1 saturated heterocycles. The summed E-state index contributed by atoms with van der Waals surface area (Å²) in [6, 6.07) is 0.833. The first kappa shape index (κ1) is 7.34. The number of hydrogen-bond donors (Lipinski definition) is 1. The summed E-state index contributed by atoms with van der Waals surface area (Å²) in [5, 5.41) is 9.82. The average molecular weight is 167 g/mol. The summed E-state index contributed by atoms with van der Waals surface area (Å²) in [5.41, 5.74) is 0.371. The maximum absolute atomic E-state index is 9.82. The van der Waals surface area contributed by atoms with Gasteiger partial charge in [0.2, 0.25) is 0 Å². The Labute approximate surface area is 73.6 Å². The first-order chi connectivity index (χ1) is 5.80. The van der Waals surface area contributed by atoms with E-state index in [0.29, 0.717) is 5.41 Å². The second-order valence-electron chi connectivity index (χ2n) is 4.89. The minimum Gasteiger partial charge on any atom is -0.391 e. The maximum atomic E-state index is 9.82. The van der Waals surface area contributed by atoms with Gasteiger partial charge in [0.05, 0.1) is 6.10 Å². The van der Waals surface area contributed by atoms with Gasteiger partial charge in [0.15, 0.2) is 0 Å². The van der Waals surface area contributed by atoms with E-state index in [1.54, 1.807) is 0 Å². The topological polar surface area (TPSA) is 23.5 Å². The Morgan fingerprint density at radius 2 is 2.00 bits per heavy atom. The van der Waals surface area contributed by atoms with Crippen LogP contribution in [-0.2, 0) is 0 Å². The molecule has 12 heavy (non-hydrogen) atoms. The van der Waals surface area contributed by atoms with E-state index in [9.17, 15) is 5.11 Å². The van der Waals surface area contributed by atoms with Crippen molar-refractivity contribution in [1.29, 1.82) is 0 Å². The molecule has 2 nitrogen and oxygen atoms in total. The van der Waals surface area contributed by atoms with Crippen molar-refractivity contribution >= 4 is 0 Å². The van der Waals surface area contributed by atoms with Gasteiger partial charge in [0.25, 0.3) is 0 Å².